The van der Waals surface area contributed by atoms with E-state index in [1.54, 1.807) is 6.07 Å². The van der Waals surface area contributed by atoms with Crippen molar-refractivity contribution < 1.29 is 5.11 Å². The molecule has 0 saturated heterocycles. The molecule has 0 aliphatic heterocycles. The molecule has 1 aromatic rings. The van der Waals surface area contributed by atoms with Crippen molar-refractivity contribution in [2.45, 2.75) is 72.6 Å². The van der Waals surface area contributed by atoms with Crippen molar-refractivity contribution in [3.8, 4) is 5.75 Å². The molecule has 1 aromatic carbocycles. The van der Waals surface area contributed by atoms with Gasteiger partial charge in [0.2, 0.25) is 0 Å². The van der Waals surface area contributed by atoms with E-state index in [4.69, 9.17) is 0 Å². The van der Waals surface area contributed by atoms with Crippen LogP contribution in [0.5, 0.6) is 5.75 Å². The highest BCUT2D eigenvalue weighted by molar-refractivity contribution is 5.56. The van der Waals surface area contributed by atoms with Gasteiger partial charge in [0.05, 0.1) is 0 Å². The van der Waals surface area contributed by atoms with Crippen LogP contribution in [0, 0.1) is 4.91 Å². The lowest BCUT2D eigenvalue weighted by Crippen LogP contribution is -1.91. The molecular weight excluding hydrogens is 298 g/mol. The molecule has 0 bridgehead atoms. The minimum absolute atomic E-state index is 0.187. The second-order valence-corrected chi connectivity index (χ2v) is 6.74. The summed E-state index contributed by atoms with van der Waals surface area (Å²) in [4.78, 5) is 11.2. The van der Waals surface area contributed by atoms with Gasteiger partial charge in [-0.1, -0.05) is 43.1 Å². The maximum atomic E-state index is 11.2. The van der Waals surface area contributed by atoms with Gasteiger partial charge in [0.1, 0.15) is 11.4 Å². The Kier molecular flexibility index (Phi) is 9.06. The number of hydrogen-bond acceptors (Lipinski definition) is 3. The third-order valence-corrected chi connectivity index (χ3v) is 4.18. The fourth-order valence-electron chi connectivity index (χ4n) is 2.68. The Morgan fingerprint density at radius 2 is 1.92 bits per heavy atom. The first kappa shape index (κ1) is 20.1. The molecule has 0 amide bonds. The molecule has 24 heavy (non-hydrogen) atoms. The van der Waals surface area contributed by atoms with Crippen molar-refractivity contribution >= 4 is 5.69 Å². The summed E-state index contributed by atoms with van der Waals surface area (Å²) in [6, 6.07) is 3.61. The monoisotopic (exact) mass is 329 g/mol. The number of nitrogens with zero attached hydrogens (tertiary/aromatic N) is 1. The lowest BCUT2D eigenvalue weighted by molar-refractivity contribution is 0.469. The largest absolute Gasteiger partial charge is 0.508 e. The summed E-state index contributed by atoms with van der Waals surface area (Å²) in [6.45, 7) is 8.44. The van der Waals surface area contributed by atoms with Crippen LogP contribution in [0.15, 0.2) is 40.6 Å². The first-order chi connectivity index (χ1) is 11.5. The molecule has 0 atom stereocenters. The predicted molar refractivity (Wildman–Crippen MR) is 103 cm³/mol. The van der Waals surface area contributed by atoms with Gasteiger partial charge >= 0.3 is 0 Å². The maximum Gasteiger partial charge on any atom is 0.121 e. The van der Waals surface area contributed by atoms with Crippen LogP contribution in [0.3, 0.4) is 0 Å². The highest BCUT2D eigenvalue weighted by Crippen LogP contribution is 2.32. The molecule has 0 heterocycles. The third kappa shape index (κ3) is 7.12. The van der Waals surface area contributed by atoms with Crippen LogP contribution >= 0.6 is 0 Å². The second kappa shape index (κ2) is 10.8. The van der Waals surface area contributed by atoms with Gasteiger partial charge in [-0.05, 0) is 75.7 Å². The topological polar surface area (TPSA) is 49.7 Å². The Morgan fingerprint density at radius 3 is 2.54 bits per heavy atom. The summed E-state index contributed by atoms with van der Waals surface area (Å²) in [5.74, 6) is 0.187. The molecular formula is C21H31NO2. The fourth-order valence-corrected chi connectivity index (χ4v) is 2.68. The van der Waals surface area contributed by atoms with E-state index in [1.165, 1.54) is 11.1 Å². The van der Waals surface area contributed by atoms with Crippen molar-refractivity contribution in [1.82, 2.24) is 0 Å². The molecule has 0 aliphatic carbocycles. The number of aryl methyl sites for hydroxylation is 1. The van der Waals surface area contributed by atoms with Gasteiger partial charge in [0, 0.05) is 5.56 Å². The summed E-state index contributed by atoms with van der Waals surface area (Å²) in [5.41, 5.74) is 4.58. The lowest BCUT2D eigenvalue weighted by atomic mass is 9.99. The van der Waals surface area contributed by atoms with Crippen LogP contribution in [0.4, 0.5) is 5.69 Å². The number of phenols is 1. The molecule has 0 aliphatic rings. The molecule has 0 unspecified atom stereocenters. The Balaban J connectivity index is 2.79. The molecule has 1 rings (SSSR count). The number of rotatable bonds is 10. The molecule has 3 heteroatoms. The zero-order valence-corrected chi connectivity index (χ0v) is 15.6. The van der Waals surface area contributed by atoms with E-state index in [1.807, 2.05) is 6.07 Å². The number of phenolic OH excluding ortho intramolecular Hbond substituents is 1. The minimum Gasteiger partial charge on any atom is -0.508 e. The van der Waals surface area contributed by atoms with Crippen molar-refractivity contribution in [3.05, 3.63) is 51.5 Å². The van der Waals surface area contributed by atoms with Gasteiger partial charge in [-0.2, -0.15) is 0 Å². The molecule has 0 fully saturated rings. The number of aromatic hydroxyl groups is 1. The quantitative estimate of drug-likeness (QED) is 0.293. The Morgan fingerprint density at radius 1 is 1.17 bits per heavy atom. The van der Waals surface area contributed by atoms with Crippen molar-refractivity contribution in [1.29, 1.82) is 0 Å². The van der Waals surface area contributed by atoms with Gasteiger partial charge in [0.15, 0.2) is 0 Å². The smallest absolute Gasteiger partial charge is 0.121 e. The molecule has 1 N–H and O–H groups in total. The summed E-state index contributed by atoms with van der Waals surface area (Å²) in [5, 5.41) is 13.4. The first-order valence-corrected chi connectivity index (χ1v) is 8.95. The SMILES string of the molecule is CCCCCc1cc(O)c(C/C=C(\C)CCC=C(C)C)c(N=O)c1. The van der Waals surface area contributed by atoms with E-state index in [2.05, 4.69) is 45.0 Å². The molecule has 0 aromatic heterocycles. The van der Waals surface area contributed by atoms with Gasteiger partial charge in [-0.15, -0.1) is 4.91 Å². The normalized spacial score (nSPS) is 11.4. The summed E-state index contributed by atoms with van der Waals surface area (Å²) in [6.07, 6.45) is 11.1. The van der Waals surface area contributed by atoms with E-state index in [-0.39, 0.29) is 5.75 Å². The number of benzene rings is 1. The lowest BCUT2D eigenvalue weighted by Gasteiger charge is -2.09. The van der Waals surface area contributed by atoms with Crippen LogP contribution in [-0.4, -0.2) is 5.11 Å². The molecule has 0 saturated carbocycles. The van der Waals surface area contributed by atoms with Crippen molar-refractivity contribution in [2.24, 2.45) is 5.18 Å². The number of allylic oxidation sites excluding steroid dienone is 4. The van der Waals surface area contributed by atoms with Crippen molar-refractivity contribution in [2.75, 3.05) is 0 Å². The van der Waals surface area contributed by atoms with E-state index in [9.17, 15) is 10.0 Å². The second-order valence-electron chi connectivity index (χ2n) is 6.74. The van der Waals surface area contributed by atoms with E-state index in [0.29, 0.717) is 17.7 Å². The molecule has 0 radical (unpaired) electrons. The Hall–Kier alpha value is -1.90. The van der Waals surface area contributed by atoms with Gasteiger partial charge in [-0.25, -0.2) is 0 Å². The number of nitroso groups, excluding NO2 is 1. The highest BCUT2D eigenvalue weighted by atomic mass is 16.3. The first-order valence-electron chi connectivity index (χ1n) is 8.95. The zero-order chi connectivity index (χ0) is 17.9. The van der Waals surface area contributed by atoms with E-state index in [0.717, 1.165) is 44.1 Å². The molecule has 0 spiro atoms. The molecule has 132 valence electrons. The van der Waals surface area contributed by atoms with Crippen LogP contribution < -0.4 is 0 Å². The Bertz CT molecular complexity index is 596. The summed E-state index contributed by atoms with van der Waals surface area (Å²) in [7, 11) is 0. The number of unbranched alkanes of at least 4 members (excludes halogenated alkanes) is 2. The van der Waals surface area contributed by atoms with Crippen LogP contribution in [0.25, 0.3) is 0 Å². The zero-order valence-electron chi connectivity index (χ0n) is 15.6. The minimum atomic E-state index is 0.187. The Labute approximate surface area is 146 Å². The van der Waals surface area contributed by atoms with Crippen LogP contribution in [0.2, 0.25) is 0 Å². The van der Waals surface area contributed by atoms with E-state index < -0.39 is 0 Å². The van der Waals surface area contributed by atoms with Crippen molar-refractivity contribution in [3.63, 3.8) is 0 Å². The van der Waals surface area contributed by atoms with Gasteiger partial charge in [0.25, 0.3) is 0 Å². The fraction of sp³-hybridized carbons (Fsp3) is 0.524. The standard InChI is InChI=1S/C21H31NO2/c1-5-6-7-11-18-14-20(22-24)19(21(23)15-18)13-12-17(4)10-8-9-16(2)3/h9,12,14-15,23H,5-8,10-11,13H2,1-4H3/b17-12+. The van der Waals surface area contributed by atoms with Crippen LogP contribution in [0.1, 0.15) is 70.9 Å². The number of hydrogen-bond donors (Lipinski definition) is 1. The predicted octanol–water partition coefficient (Wildman–Crippen LogP) is 6.76. The van der Waals surface area contributed by atoms with Crippen LogP contribution in [-0.2, 0) is 12.8 Å². The maximum absolute atomic E-state index is 11.2. The van der Waals surface area contributed by atoms with Gasteiger partial charge < -0.3 is 5.11 Å². The highest BCUT2D eigenvalue weighted by Gasteiger charge is 2.10. The van der Waals surface area contributed by atoms with E-state index >= 15 is 0 Å². The van der Waals surface area contributed by atoms with Gasteiger partial charge in [-0.3, -0.25) is 0 Å². The average Bonchev–Trinajstić information content (AvgIpc) is 2.53. The molecule has 3 nitrogen and oxygen atoms in total. The average molecular weight is 329 g/mol. The summed E-state index contributed by atoms with van der Waals surface area (Å²) < 4.78 is 0. The third-order valence-electron chi connectivity index (χ3n) is 4.18. The summed E-state index contributed by atoms with van der Waals surface area (Å²) >= 11 is 0.